The molecule has 0 unspecified atom stereocenters. The highest BCUT2D eigenvalue weighted by molar-refractivity contribution is 9.10. The Morgan fingerprint density at radius 2 is 2.24 bits per heavy atom. The highest BCUT2D eigenvalue weighted by atomic mass is 79.9. The predicted octanol–water partition coefficient (Wildman–Crippen LogP) is 1.35. The lowest BCUT2D eigenvalue weighted by Gasteiger charge is -2.20. The summed E-state index contributed by atoms with van der Waals surface area (Å²) in [7, 11) is 0. The average molecular weight is 298 g/mol. The third-order valence-corrected chi connectivity index (χ3v) is 3.87. The van der Waals surface area contributed by atoms with Crippen LogP contribution in [0.3, 0.4) is 0 Å². The van der Waals surface area contributed by atoms with Crippen molar-refractivity contribution in [3.05, 3.63) is 28.2 Å². The summed E-state index contributed by atoms with van der Waals surface area (Å²) in [6, 6.07) is 5.89. The lowest BCUT2D eigenvalue weighted by Crippen LogP contribution is -2.28. The first kappa shape index (κ1) is 12.4. The van der Waals surface area contributed by atoms with Gasteiger partial charge in [0.25, 0.3) is 0 Å². The summed E-state index contributed by atoms with van der Waals surface area (Å²) in [4.78, 5) is 13.5. The van der Waals surface area contributed by atoms with Crippen LogP contribution in [0.4, 0.5) is 5.69 Å². The van der Waals surface area contributed by atoms with Crippen molar-refractivity contribution in [2.24, 2.45) is 0 Å². The number of hydrogen-bond acceptors (Lipinski definition) is 3. The van der Waals surface area contributed by atoms with Crippen molar-refractivity contribution in [2.75, 3.05) is 25.4 Å². The van der Waals surface area contributed by atoms with E-state index in [9.17, 15) is 4.79 Å². The molecular formula is C12H16BrN3O. The van der Waals surface area contributed by atoms with Gasteiger partial charge in [-0.05, 0) is 27.6 Å². The minimum Gasteiger partial charge on any atom is -0.398 e. The number of carbonyl (C=O) groups excluding carboxylic acids is 1. The van der Waals surface area contributed by atoms with E-state index in [4.69, 9.17) is 5.73 Å². The number of rotatable bonds is 2. The number of anilines is 1. The second-order valence-electron chi connectivity index (χ2n) is 4.20. The molecule has 1 aliphatic heterocycles. The molecule has 4 nitrogen and oxygen atoms in total. The minimum absolute atomic E-state index is 0.138. The van der Waals surface area contributed by atoms with E-state index >= 15 is 0 Å². The Hall–Kier alpha value is -1.07. The van der Waals surface area contributed by atoms with Crippen molar-refractivity contribution in [1.82, 2.24) is 10.2 Å². The molecule has 2 rings (SSSR count). The molecule has 0 bridgehead atoms. The van der Waals surface area contributed by atoms with Crippen molar-refractivity contribution < 1.29 is 4.79 Å². The maximum absolute atomic E-state index is 11.2. The summed E-state index contributed by atoms with van der Waals surface area (Å²) < 4.78 is 0.962. The molecule has 1 aliphatic rings. The van der Waals surface area contributed by atoms with Gasteiger partial charge in [0.05, 0.1) is 0 Å². The fourth-order valence-electron chi connectivity index (χ4n) is 1.93. The molecule has 0 aliphatic carbocycles. The van der Waals surface area contributed by atoms with Crippen molar-refractivity contribution >= 4 is 27.5 Å². The van der Waals surface area contributed by atoms with Crippen LogP contribution in [0.1, 0.15) is 12.0 Å². The summed E-state index contributed by atoms with van der Waals surface area (Å²) in [5.41, 5.74) is 7.77. The standard InChI is InChI=1S/C12H16BrN3O/c13-12-9(2-1-3-10(12)14)8-16-6-4-11(17)15-5-7-16/h1-3H,4-8,14H2,(H,15,17). The Labute approximate surface area is 109 Å². The topological polar surface area (TPSA) is 58.4 Å². The van der Waals surface area contributed by atoms with Crippen LogP contribution in [0.5, 0.6) is 0 Å². The van der Waals surface area contributed by atoms with Gasteiger partial charge in [-0.15, -0.1) is 0 Å². The fraction of sp³-hybridized carbons (Fsp3) is 0.417. The normalized spacial score (nSPS) is 17.6. The van der Waals surface area contributed by atoms with Crippen LogP contribution in [0, 0.1) is 0 Å². The summed E-state index contributed by atoms with van der Waals surface area (Å²) in [6.45, 7) is 3.22. The zero-order valence-electron chi connectivity index (χ0n) is 9.58. The quantitative estimate of drug-likeness (QED) is 0.810. The minimum atomic E-state index is 0.138. The van der Waals surface area contributed by atoms with Crippen molar-refractivity contribution in [2.45, 2.75) is 13.0 Å². The number of nitrogens with two attached hydrogens (primary N) is 1. The lowest BCUT2D eigenvalue weighted by atomic mass is 10.2. The maximum Gasteiger partial charge on any atom is 0.221 e. The van der Waals surface area contributed by atoms with Gasteiger partial charge in [0.1, 0.15) is 0 Å². The molecule has 1 fully saturated rings. The van der Waals surface area contributed by atoms with Gasteiger partial charge < -0.3 is 11.1 Å². The smallest absolute Gasteiger partial charge is 0.221 e. The van der Waals surface area contributed by atoms with Crippen LogP contribution in [0.2, 0.25) is 0 Å². The van der Waals surface area contributed by atoms with E-state index in [0.717, 1.165) is 36.3 Å². The fourth-order valence-corrected chi connectivity index (χ4v) is 2.32. The van der Waals surface area contributed by atoms with E-state index in [-0.39, 0.29) is 5.91 Å². The summed E-state index contributed by atoms with van der Waals surface area (Å²) in [5, 5.41) is 2.87. The van der Waals surface area contributed by atoms with E-state index in [2.05, 4.69) is 32.2 Å². The lowest BCUT2D eigenvalue weighted by molar-refractivity contribution is -0.120. The highest BCUT2D eigenvalue weighted by Crippen LogP contribution is 2.24. The van der Waals surface area contributed by atoms with Crippen molar-refractivity contribution in [1.29, 1.82) is 0 Å². The molecule has 0 radical (unpaired) electrons. The van der Waals surface area contributed by atoms with Crippen LogP contribution in [0.15, 0.2) is 22.7 Å². The SMILES string of the molecule is Nc1cccc(CN2CCNC(=O)CC2)c1Br. The zero-order chi connectivity index (χ0) is 12.3. The number of nitrogens with one attached hydrogen (secondary N) is 1. The number of halogens is 1. The molecule has 1 aromatic carbocycles. The molecule has 1 amide bonds. The van der Waals surface area contributed by atoms with Crippen LogP contribution < -0.4 is 11.1 Å². The van der Waals surface area contributed by atoms with E-state index in [1.807, 2.05) is 12.1 Å². The zero-order valence-corrected chi connectivity index (χ0v) is 11.2. The van der Waals surface area contributed by atoms with Gasteiger partial charge in [0, 0.05) is 42.8 Å². The summed E-state index contributed by atoms with van der Waals surface area (Å²) in [6.07, 6.45) is 0.569. The van der Waals surface area contributed by atoms with E-state index in [1.165, 1.54) is 5.56 Å². The molecule has 1 saturated heterocycles. The van der Waals surface area contributed by atoms with Gasteiger partial charge in [-0.25, -0.2) is 0 Å². The van der Waals surface area contributed by atoms with Crippen molar-refractivity contribution in [3.63, 3.8) is 0 Å². The highest BCUT2D eigenvalue weighted by Gasteiger charge is 2.14. The molecule has 0 saturated carbocycles. The number of amides is 1. The third-order valence-electron chi connectivity index (χ3n) is 2.91. The molecule has 92 valence electrons. The second kappa shape index (κ2) is 5.51. The molecule has 1 heterocycles. The Balaban J connectivity index is 2.05. The Kier molecular flexibility index (Phi) is 4.02. The van der Waals surface area contributed by atoms with Gasteiger partial charge in [-0.2, -0.15) is 0 Å². The third kappa shape index (κ3) is 3.20. The van der Waals surface area contributed by atoms with E-state index in [1.54, 1.807) is 0 Å². The Morgan fingerprint density at radius 3 is 3.06 bits per heavy atom. The predicted molar refractivity (Wildman–Crippen MR) is 71.5 cm³/mol. The molecule has 0 spiro atoms. The number of hydrogen-bond donors (Lipinski definition) is 2. The Bertz CT molecular complexity index is 422. The molecule has 3 N–H and O–H groups in total. The van der Waals surface area contributed by atoms with Crippen LogP contribution in [0.25, 0.3) is 0 Å². The van der Waals surface area contributed by atoms with Crippen LogP contribution in [-0.4, -0.2) is 30.4 Å². The maximum atomic E-state index is 11.2. The number of benzene rings is 1. The first-order chi connectivity index (χ1) is 8.16. The molecule has 0 aromatic heterocycles. The van der Waals surface area contributed by atoms with E-state index in [0.29, 0.717) is 6.42 Å². The molecule has 0 atom stereocenters. The van der Waals surface area contributed by atoms with Gasteiger partial charge in [-0.3, -0.25) is 9.69 Å². The van der Waals surface area contributed by atoms with Crippen molar-refractivity contribution in [3.8, 4) is 0 Å². The second-order valence-corrected chi connectivity index (χ2v) is 4.99. The van der Waals surface area contributed by atoms with Gasteiger partial charge >= 0.3 is 0 Å². The van der Waals surface area contributed by atoms with Gasteiger partial charge in [0.2, 0.25) is 5.91 Å². The largest absolute Gasteiger partial charge is 0.398 e. The number of nitrogen functional groups attached to an aromatic ring is 1. The number of nitrogens with zero attached hydrogens (tertiary/aromatic N) is 1. The monoisotopic (exact) mass is 297 g/mol. The number of carbonyl (C=O) groups is 1. The van der Waals surface area contributed by atoms with Crippen LogP contribution >= 0.6 is 15.9 Å². The van der Waals surface area contributed by atoms with Gasteiger partial charge in [-0.1, -0.05) is 12.1 Å². The average Bonchev–Trinajstić information content (AvgIpc) is 2.50. The molecule has 17 heavy (non-hydrogen) atoms. The van der Waals surface area contributed by atoms with Gasteiger partial charge in [0.15, 0.2) is 0 Å². The molecule has 1 aromatic rings. The first-order valence-corrected chi connectivity index (χ1v) is 6.48. The van der Waals surface area contributed by atoms with Crippen LogP contribution in [-0.2, 0) is 11.3 Å². The first-order valence-electron chi connectivity index (χ1n) is 5.69. The Morgan fingerprint density at radius 1 is 1.41 bits per heavy atom. The summed E-state index contributed by atoms with van der Waals surface area (Å²) >= 11 is 3.50. The molecular weight excluding hydrogens is 282 g/mol. The van der Waals surface area contributed by atoms with E-state index < -0.39 is 0 Å². The molecule has 5 heteroatoms. The summed E-state index contributed by atoms with van der Waals surface area (Å²) in [5.74, 6) is 0.138.